The second-order valence-electron chi connectivity index (χ2n) is 7.80. The summed E-state index contributed by atoms with van der Waals surface area (Å²) in [6, 6.07) is 11.9. The first-order valence-electron chi connectivity index (χ1n) is 10.3. The normalized spacial score (nSPS) is 13.7. The Balaban J connectivity index is 1.65. The summed E-state index contributed by atoms with van der Waals surface area (Å²) in [5.74, 6) is 0.531. The zero-order valence-corrected chi connectivity index (χ0v) is 19.0. The Morgan fingerprint density at radius 3 is 2.74 bits per heavy atom. The average molecular weight is 492 g/mol. The molecule has 6 nitrogen and oxygen atoms in total. The van der Waals surface area contributed by atoms with Crippen LogP contribution in [0.25, 0.3) is 27.3 Å². The van der Waals surface area contributed by atoms with Crippen molar-refractivity contribution in [3.8, 4) is 11.4 Å². The summed E-state index contributed by atoms with van der Waals surface area (Å²) < 4.78 is 4.36. The molecule has 0 bridgehead atoms. The van der Waals surface area contributed by atoms with Crippen LogP contribution in [0.2, 0.25) is 0 Å². The number of pyridine rings is 1. The van der Waals surface area contributed by atoms with Crippen molar-refractivity contribution < 1.29 is 0 Å². The van der Waals surface area contributed by atoms with Crippen molar-refractivity contribution in [2.75, 3.05) is 0 Å². The third-order valence-electron chi connectivity index (χ3n) is 5.81. The number of halogens is 1. The van der Waals surface area contributed by atoms with E-state index in [1.54, 1.807) is 23.7 Å². The number of aromatic nitrogens is 5. The van der Waals surface area contributed by atoms with E-state index in [1.165, 1.54) is 27.8 Å². The molecule has 0 fully saturated rings. The summed E-state index contributed by atoms with van der Waals surface area (Å²) in [7, 11) is 0. The highest BCUT2D eigenvalue weighted by molar-refractivity contribution is 9.10. The molecule has 0 atom stereocenters. The Morgan fingerprint density at radius 1 is 1.10 bits per heavy atom. The van der Waals surface area contributed by atoms with Gasteiger partial charge in [-0.05, 0) is 61.1 Å². The SMILES string of the molecule is O=c1n(Cc2ccc(Br)cc2)c2sc3c(c2c2nc(-c4cccnc4)nn12)CCCC3. The van der Waals surface area contributed by atoms with E-state index in [0.717, 1.165) is 38.7 Å². The molecule has 0 spiro atoms. The minimum atomic E-state index is -0.161. The molecule has 0 aliphatic heterocycles. The van der Waals surface area contributed by atoms with Gasteiger partial charge in [0.05, 0.1) is 11.9 Å². The fourth-order valence-corrected chi connectivity index (χ4v) is 5.95. The lowest BCUT2D eigenvalue weighted by Crippen LogP contribution is -2.28. The van der Waals surface area contributed by atoms with Crippen LogP contribution in [-0.2, 0) is 19.4 Å². The second-order valence-corrected chi connectivity index (χ2v) is 9.80. The number of hydrogen-bond donors (Lipinski definition) is 0. The Hall–Kier alpha value is -2.84. The molecule has 6 rings (SSSR count). The molecular formula is C23H18BrN5OS. The minimum Gasteiger partial charge on any atom is -0.278 e. The van der Waals surface area contributed by atoms with Crippen LogP contribution in [0.15, 0.2) is 58.1 Å². The summed E-state index contributed by atoms with van der Waals surface area (Å²) in [6.45, 7) is 0.500. The summed E-state index contributed by atoms with van der Waals surface area (Å²) in [4.78, 5) is 24.9. The van der Waals surface area contributed by atoms with Crippen molar-refractivity contribution in [2.45, 2.75) is 32.2 Å². The van der Waals surface area contributed by atoms with Crippen LogP contribution in [0.1, 0.15) is 28.8 Å². The van der Waals surface area contributed by atoms with Crippen molar-refractivity contribution in [1.29, 1.82) is 0 Å². The number of nitrogens with zero attached hydrogens (tertiary/aromatic N) is 5. The molecule has 1 aliphatic carbocycles. The first kappa shape index (κ1) is 18.9. The van der Waals surface area contributed by atoms with Crippen LogP contribution < -0.4 is 5.69 Å². The quantitative estimate of drug-likeness (QED) is 0.361. The van der Waals surface area contributed by atoms with Gasteiger partial charge in [0.1, 0.15) is 4.83 Å². The molecule has 0 N–H and O–H groups in total. The van der Waals surface area contributed by atoms with Crippen molar-refractivity contribution in [1.82, 2.24) is 24.1 Å². The van der Waals surface area contributed by atoms with E-state index in [-0.39, 0.29) is 5.69 Å². The number of hydrogen-bond acceptors (Lipinski definition) is 5. The smallest absolute Gasteiger partial charge is 0.278 e. The number of rotatable bonds is 3. The lowest BCUT2D eigenvalue weighted by Gasteiger charge is -2.11. The third kappa shape index (κ3) is 3.13. The van der Waals surface area contributed by atoms with Crippen LogP contribution in [0.3, 0.4) is 0 Å². The average Bonchev–Trinajstić information content (AvgIpc) is 3.40. The zero-order valence-electron chi connectivity index (χ0n) is 16.6. The van der Waals surface area contributed by atoms with Crippen molar-refractivity contribution in [2.24, 2.45) is 0 Å². The highest BCUT2D eigenvalue weighted by atomic mass is 79.9. The lowest BCUT2D eigenvalue weighted by atomic mass is 9.97. The van der Waals surface area contributed by atoms with Gasteiger partial charge >= 0.3 is 5.69 Å². The van der Waals surface area contributed by atoms with E-state index in [2.05, 4.69) is 26.0 Å². The van der Waals surface area contributed by atoms with Gasteiger partial charge in [0, 0.05) is 27.3 Å². The van der Waals surface area contributed by atoms with E-state index in [9.17, 15) is 4.79 Å². The molecule has 154 valence electrons. The van der Waals surface area contributed by atoms with Gasteiger partial charge < -0.3 is 0 Å². The molecule has 1 aromatic carbocycles. The Morgan fingerprint density at radius 2 is 1.94 bits per heavy atom. The fraction of sp³-hybridized carbons (Fsp3) is 0.217. The molecule has 0 saturated heterocycles. The minimum absolute atomic E-state index is 0.161. The van der Waals surface area contributed by atoms with Crippen LogP contribution in [0.4, 0.5) is 0 Å². The van der Waals surface area contributed by atoms with E-state index in [0.29, 0.717) is 18.0 Å². The molecule has 0 unspecified atom stereocenters. The summed E-state index contributed by atoms with van der Waals surface area (Å²) in [5, 5.41) is 5.69. The van der Waals surface area contributed by atoms with Crippen LogP contribution in [0, 0.1) is 0 Å². The molecular weight excluding hydrogens is 474 g/mol. The first-order valence-corrected chi connectivity index (χ1v) is 11.9. The molecule has 5 aromatic rings. The van der Waals surface area contributed by atoms with E-state index in [4.69, 9.17) is 4.98 Å². The summed E-state index contributed by atoms with van der Waals surface area (Å²) >= 11 is 5.23. The molecule has 4 heterocycles. The fourth-order valence-electron chi connectivity index (χ4n) is 4.31. The zero-order chi connectivity index (χ0) is 20.9. The van der Waals surface area contributed by atoms with E-state index in [1.807, 2.05) is 41.0 Å². The van der Waals surface area contributed by atoms with Gasteiger partial charge in [0.15, 0.2) is 11.5 Å². The number of aryl methyl sites for hydroxylation is 2. The van der Waals surface area contributed by atoms with Gasteiger partial charge in [-0.15, -0.1) is 16.4 Å². The van der Waals surface area contributed by atoms with Gasteiger partial charge in [-0.25, -0.2) is 9.78 Å². The van der Waals surface area contributed by atoms with Crippen LogP contribution in [-0.4, -0.2) is 24.1 Å². The summed E-state index contributed by atoms with van der Waals surface area (Å²) in [5.41, 5.74) is 3.72. The van der Waals surface area contributed by atoms with Gasteiger partial charge in [0.25, 0.3) is 0 Å². The first-order chi connectivity index (χ1) is 15.2. The molecule has 8 heteroatoms. The molecule has 31 heavy (non-hydrogen) atoms. The predicted molar refractivity (Wildman–Crippen MR) is 126 cm³/mol. The standard InChI is InChI=1S/C23H18BrN5OS/c24-16-9-7-14(8-10-16)13-28-22-19(17-5-1-2-6-18(17)31-22)21-26-20(27-29(21)23(28)30)15-4-3-11-25-12-15/h3-4,7-12H,1-2,5-6,13H2. The molecule has 0 radical (unpaired) electrons. The van der Waals surface area contributed by atoms with E-state index >= 15 is 0 Å². The second kappa shape index (κ2) is 7.39. The van der Waals surface area contributed by atoms with E-state index < -0.39 is 0 Å². The Bertz CT molecular complexity index is 1480. The molecule has 0 saturated carbocycles. The molecule has 0 amide bonds. The Labute approximate surface area is 190 Å². The third-order valence-corrected chi connectivity index (χ3v) is 7.66. The number of thiophene rings is 1. The van der Waals surface area contributed by atoms with Crippen molar-refractivity contribution >= 4 is 43.1 Å². The lowest BCUT2D eigenvalue weighted by molar-refractivity contribution is 0.698. The maximum atomic E-state index is 13.6. The largest absolute Gasteiger partial charge is 0.352 e. The molecule has 1 aliphatic rings. The topological polar surface area (TPSA) is 65.1 Å². The molecule has 4 aromatic heterocycles. The van der Waals surface area contributed by atoms with Gasteiger partial charge in [-0.1, -0.05) is 28.1 Å². The predicted octanol–water partition coefficient (Wildman–Crippen LogP) is 4.86. The van der Waals surface area contributed by atoms with Gasteiger partial charge in [-0.2, -0.15) is 4.52 Å². The maximum absolute atomic E-state index is 13.6. The maximum Gasteiger partial charge on any atom is 0.352 e. The highest BCUT2D eigenvalue weighted by Gasteiger charge is 2.24. The highest BCUT2D eigenvalue weighted by Crippen LogP contribution is 2.38. The van der Waals surface area contributed by atoms with Crippen molar-refractivity contribution in [3.05, 3.63) is 79.8 Å². The summed E-state index contributed by atoms with van der Waals surface area (Å²) in [6.07, 6.45) is 7.90. The van der Waals surface area contributed by atoms with Crippen LogP contribution >= 0.6 is 27.3 Å². The number of fused-ring (bicyclic) bond motifs is 5. The van der Waals surface area contributed by atoms with Crippen LogP contribution in [0.5, 0.6) is 0 Å². The Kier molecular flexibility index (Phi) is 4.50. The van der Waals surface area contributed by atoms with Gasteiger partial charge in [0.2, 0.25) is 0 Å². The van der Waals surface area contributed by atoms with Gasteiger partial charge in [-0.3, -0.25) is 9.55 Å². The van der Waals surface area contributed by atoms with Crippen molar-refractivity contribution in [3.63, 3.8) is 0 Å². The monoisotopic (exact) mass is 491 g/mol. The number of benzene rings is 1.